The number of anilines is 1. The van der Waals surface area contributed by atoms with Crippen LogP contribution in [-0.4, -0.2) is 52.0 Å². The van der Waals surface area contributed by atoms with E-state index in [1.54, 1.807) is 30.6 Å². The SMILES string of the molecule is O=C1CCC(N2C(=O)c3cccc(NCCc4ccc(CC(=O)NC(c5cccnc5)c5cc6ccccc6o5)cc4)c3C2=O)C(=O)N1. The highest BCUT2D eigenvalue weighted by Gasteiger charge is 2.45. The van der Waals surface area contributed by atoms with Crippen LogP contribution in [0, 0.1) is 0 Å². The first-order valence-corrected chi connectivity index (χ1v) is 15.7. The van der Waals surface area contributed by atoms with Gasteiger partial charge in [-0.05, 0) is 54.3 Å². The van der Waals surface area contributed by atoms with Gasteiger partial charge < -0.3 is 15.1 Å². The number of furan rings is 1. The molecule has 2 unspecified atom stereocenters. The Morgan fingerprint density at radius 1 is 0.938 bits per heavy atom. The number of nitrogens with zero attached hydrogens (tertiary/aromatic N) is 2. The van der Waals surface area contributed by atoms with Crippen LogP contribution in [-0.2, 0) is 27.2 Å². The Hall–Kier alpha value is -6.10. The third-order valence-electron chi connectivity index (χ3n) is 8.64. The summed E-state index contributed by atoms with van der Waals surface area (Å²) in [6.07, 6.45) is 4.35. The Morgan fingerprint density at radius 2 is 1.75 bits per heavy atom. The van der Waals surface area contributed by atoms with Crippen molar-refractivity contribution in [1.29, 1.82) is 0 Å². The topological polar surface area (TPSA) is 151 Å². The number of carbonyl (C=O) groups excluding carboxylic acids is 5. The highest BCUT2D eigenvalue weighted by molar-refractivity contribution is 6.25. The maximum atomic E-state index is 13.3. The Morgan fingerprint density at radius 3 is 2.52 bits per heavy atom. The van der Waals surface area contributed by atoms with E-state index in [1.165, 1.54) is 0 Å². The van der Waals surface area contributed by atoms with Crippen molar-refractivity contribution in [3.8, 4) is 0 Å². The summed E-state index contributed by atoms with van der Waals surface area (Å²) < 4.78 is 6.08. The lowest BCUT2D eigenvalue weighted by molar-refractivity contribution is -0.136. The van der Waals surface area contributed by atoms with E-state index in [2.05, 4.69) is 20.9 Å². The van der Waals surface area contributed by atoms with Crippen LogP contribution in [0.1, 0.15) is 62.1 Å². The van der Waals surface area contributed by atoms with Gasteiger partial charge in [-0.25, -0.2) is 0 Å². The number of piperidine rings is 1. The normalized spacial score (nSPS) is 16.5. The Balaban J connectivity index is 0.972. The Kier molecular flexibility index (Phi) is 8.24. The molecule has 5 aromatic rings. The van der Waals surface area contributed by atoms with Gasteiger partial charge in [-0.3, -0.25) is 39.2 Å². The van der Waals surface area contributed by atoms with E-state index in [0.717, 1.165) is 32.6 Å². The van der Waals surface area contributed by atoms with Crippen LogP contribution in [0.4, 0.5) is 5.69 Å². The van der Waals surface area contributed by atoms with Crippen LogP contribution < -0.4 is 16.0 Å². The van der Waals surface area contributed by atoms with Crippen molar-refractivity contribution in [2.24, 2.45) is 0 Å². The third kappa shape index (κ3) is 6.05. The van der Waals surface area contributed by atoms with Gasteiger partial charge >= 0.3 is 0 Å². The molecule has 11 heteroatoms. The Bertz CT molecular complexity index is 2020. The molecule has 3 aromatic carbocycles. The molecule has 240 valence electrons. The molecule has 1 saturated heterocycles. The summed E-state index contributed by atoms with van der Waals surface area (Å²) in [7, 11) is 0. The molecule has 3 N–H and O–H groups in total. The predicted molar refractivity (Wildman–Crippen MR) is 176 cm³/mol. The number of hydrogen-bond acceptors (Lipinski definition) is 8. The maximum absolute atomic E-state index is 13.3. The van der Waals surface area contributed by atoms with Crippen LogP contribution >= 0.6 is 0 Å². The number of nitrogens with one attached hydrogen (secondary N) is 3. The summed E-state index contributed by atoms with van der Waals surface area (Å²) in [4.78, 5) is 68.8. The molecule has 0 spiro atoms. The molecule has 0 aliphatic carbocycles. The standard InChI is InChI=1S/C37H31N5O6/c43-31-15-14-28(35(45)41-31)42-36(46)26-7-3-8-27(33(26)37(42)47)39-18-16-22-10-12-23(13-11-22)19-32(44)40-34(25-6-4-17-38-21-25)30-20-24-5-1-2-9-29(24)48-30/h1-13,17,20-21,28,34,39H,14-16,18-19H2,(H,40,44)(H,41,43,45). The first-order chi connectivity index (χ1) is 23.4. The number of imide groups is 2. The van der Waals surface area contributed by atoms with Crippen LogP contribution in [0.25, 0.3) is 11.0 Å². The van der Waals surface area contributed by atoms with Crippen molar-refractivity contribution in [2.45, 2.75) is 37.8 Å². The quantitative estimate of drug-likeness (QED) is 0.191. The van der Waals surface area contributed by atoms with Gasteiger partial charge in [0.2, 0.25) is 17.7 Å². The molecule has 7 rings (SSSR count). The molecule has 2 aromatic heterocycles. The largest absolute Gasteiger partial charge is 0.459 e. The predicted octanol–water partition coefficient (Wildman–Crippen LogP) is 4.33. The van der Waals surface area contributed by atoms with E-state index in [1.807, 2.05) is 66.7 Å². The number of benzene rings is 3. The van der Waals surface area contributed by atoms with Gasteiger partial charge in [0.15, 0.2) is 0 Å². The summed E-state index contributed by atoms with van der Waals surface area (Å²) in [5, 5.41) is 9.53. The van der Waals surface area contributed by atoms with Gasteiger partial charge in [0.1, 0.15) is 23.4 Å². The Labute approximate surface area is 275 Å². The van der Waals surface area contributed by atoms with Gasteiger partial charge in [0, 0.05) is 42.0 Å². The third-order valence-corrected chi connectivity index (χ3v) is 8.64. The van der Waals surface area contributed by atoms with Crippen molar-refractivity contribution < 1.29 is 28.4 Å². The minimum Gasteiger partial charge on any atom is -0.459 e. The molecule has 0 saturated carbocycles. The highest BCUT2D eigenvalue weighted by atomic mass is 16.3. The molecule has 0 radical (unpaired) electrons. The summed E-state index contributed by atoms with van der Waals surface area (Å²) in [6.45, 7) is 0.473. The summed E-state index contributed by atoms with van der Waals surface area (Å²) in [5.41, 5.74) is 4.36. The monoisotopic (exact) mass is 641 g/mol. The minimum atomic E-state index is -1.02. The van der Waals surface area contributed by atoms with Gasteiger partial charge in [-0.1, -0.05) is 54.6 Å². The van der Waals surface area contributed by atoms with E-state index in [0.29, 0.717) is 24.4 Å². The molecular formula is C37H31N5O6. The first-order valence-electron chi connectivity index (χ1n) is 15.7. The van der Waals surface area contributed by atoms with Crippen LogP contribution in [0.3, 0.4) is 0 Å². The fourth-order valence-electron chi connectivity index (χ4n) is 6.24. The molecule has 5 amide bonds. The summed E-state index contributed by atoms with van der Waals surface area (Å²) >= 11 is 0. The van der Waals surface area contributed by atoms with Crippen molar-refractivity contribution in [2.75, 3.05) is 11.9 Å². The molecule has 1 fully saturated rings. The number of aromatic nitrogens is 1. The van der Waals surface area contributed by atoms with E-state index < -0.39 is 35.7 Å². The maximum Gasteiger partial charge on any atom is 0.264 e. The van der Waals surface area contributed by atoms with Gasteiger partial charge in [-0.2, -0.15) is 0 Å². The van der Waals surface area contributed by atoms with Crippen LogP contribution in [0.2, 0.25) is 0 Å². The minimum absolute atomic E-state index is 0.0623. The average molecular weight is 642 g/mol. The van der Waals surface area contributed by atoms with Gasteiger partial charge in [0.05, 0.1) is 17.5 Å². The van der Waals surface area contributed by atoms with Crippen molar-refractivity contribution >= 4 is 46.2 Å². The number of hydrogen-bond donors (Lipinski definition) is 3. The zero-order valence-electron chi connectivity index (χ0n) is 25.8. The zero-order valence-corrected chi connectivity index (χ0v) is 25.8. The highest BCUT2D eigenvalue weighted by Crippen LogP contribution is 2.32. The molecule has 2 atom stereocenters. The molecule has 2 aliphatic rings. The van der Waals surface area contributed by atoms with Crippen molar-refractivity contribution in [1.82, 2.24) is 20.5 Å². The molecule has 4 heterocycles. The van der Waals surface area contributed by atoms with Crippen LogP contribution in [0.5, 0.6) is 0 Å². The lowest BCUT2D eigenvalue weighted by Gasteiger charge is -2.27. The second-order valence-corrected chi connectivity index (χ2v) is 11.8. The van der Waals surface area contributed by atoms with E-state index in [-0.39, 0.29) is 36.3 Å². The van der Waals surface area contributed by atoms with Crippen molar-refractivity contribution in [3.63, 3.8) is 0 Å². The lowest BCUT2D eigenvalue weighted by atomic mass is 10.0. The lowest BCUT2D eigenvalue weighted by Crippen LogP contribution is -2.54. The number of para-hydroxylation sites is 1. The molecular weight excluding hydrogens is 610 g/mol. The number of rotatable bonds is 10. The second kappa shape index (κ2) is 13.0. The van der Waals surface area contributed by atoms with Gasteiger partial charge in [0.25, 0.3) is 11.8 Å². The van der Waals surface area contributed by atoms with E-state index >= 15 is 0 Å². The fourth-order valence-corrected chi connectivity index (χ4v) is 6.24. The molecule has 48 heavy (non-hydrogen) atoms. The number of carbonyl (C=O) groups is 5. The van der Waals surface area contributed by atoms with Crippen molar-refractivity contribution in [3.05, 3.63) is 131 Å². The summed E-state index contributed by atoms with van der Waals surface area (Å²) in [6, 6.07) is 24.6. The number of amides is 5. The van der Waals surface area contributed by atoms with Crippen LogP contribution in [0.15, 0.2) is 102 Å². The zero-order chi connectivity index (χ0) is 33.2. The van der Waals surface area contributed by atoms with E-state index in [4.69, 9.17) is 4.42 Å². The smallest absolute Gasteiger partial charge is 0.264 e. The second-order valence-electron chi connectivity index (χ2n) is 11.8. The molecule has 2 aliphatic heterocycles. The first kappa shape index (κ1) is 30.5. The van der Waals surface area contributed by atoms with Gasteiger partial charge in [-0.15, -0.1) is 0 Å². The number of fused-ring (bicyclic) bond motifs is 2. The average Bonchev–Trinajstić information content (AvgIpc) is 3.63. The molecule has 11 nitrogen and oxygen atoms in total. The summed E-state index contributed by atoms with van der Waals surface area (Å²) in [5.74, 6) is -1.70. The molecule has 0 bridgehead atoms. The fraction of sp³-hybridized carbons (Fsp3) is 0.189. The number of pyridine rings is 1. The van der Waals surface area contributed by atoms with E-state index in [9.17, 15) is 24.0 Å².